The predicted molar refractivity (Wildman–Crippen MR) is 99.5 cm³/mol. The molecule has 2 aromatic heterocycles. The molecule has 0 radical (unpaired) electrons. The lowest BCUT2D eigenvalue weighted by Gasteiger charge is -2.16. The van der Waals surface area contributed by atoms with Gasteiger partial charge in [0.1, 0.15) is 5.82 Å². The lowest BCUT2D eigenvalue weighted by molar-refractivity contribution is -0.128. The van der Waals surface area contributed by atoms with Crippen molar-refractivity contribution in [3.05, 3.63) is 59.3 Å². The van der Waals surface area contributed by atoms with E-state index in [0.717, 1.165) is 28.3 Å². The van der Waals surface area contributed by atoms with Gasteiger partial charge < -0.3 is 9.88 Å². The summed E-state index contributed by atoms with van der Waals surface area (Å²) in [4.78, 5) is 22.5. The van der Waals surface area contributed by atoms with Crippen molar-refractivity contribution in [2.75, 3.05) is 6.54 Å². The number of benzene rings is 1. The summed E-state index contributed by atoms with van der Waals surface area (Å²) >= 11 is 0. The van der Waals surface area contributed by atoms with Gasteiger partial charge in [-0.1, -0.05) is 29.8 Å². The Morgan fingerprint density at radius 1 is 1.23 bits per heavy atom. The van der Waals surface area contributed by atoms with E-state index < -0.39 is 0 Å². The van der Waals surface area contributed by atoms with Crippen LogP contribution in [0.3, 0.4) is 0 Å². The fourth-order valence-electron chi connectivity index (χ4n) is 3.52. The summed E-state index contributed by atoms with van der Waals surface area (Å²) in [6.07, 6.45) is 4.28. The molecule has 6 nitrogen and oxygen atoms in total. The minimum atomic E-state index is 0.108. The number of aryl methyl sites for hydroxylation is 3. The smallest absolute Gasteiger partial charge is 0.223 e. The van der Waals surface area contributed by atoms with E-state index >= 15 is 0 Å². The number of nitrogens with zero attached hydrogens (tertiary/aromatic N) is 4. The minimum Gasteiger partial charge on any atom is -0.345 e. The van der Waals surface area contributed by atoms with Crippen LogP contribution in [-0.4, -0.2) is 37.1 Å². The van der Waals surface area contributed by atoms with Crippen LogP contribution in [-0.2, 0) is 18.4 Å². The van der Waals surface area contributed by atoms with Gasteiger partial charge in [-0.05, 0) is 19.4 Å². The summed E-state index contributed by atoms with van der Waals surface area (Å²) in [5.41, 5.74) is 5.31. The van der Waals surface area contributed by atoms with Crippen molar-refractivity contribution in [1.82, 2.24) is 24.6 Å². The van der Waals surface area contributed by atoms with Crippen molar-refractivity contribution in [1.29, 1.82) is 0 Å². The highest BCUT2D eigenvalue weighted by atomic mass is 16.2. The molecule has 3 heterocycles. The zero-order chi connectivity index (χ0) is 18.3. The van der Waals surface area contributed by atoms with Gasteiger partial charge in [0, 0.05) is 49.9 Å². The average Bonchev–Trinajstić information content (AvgIpc) is 3.29. The van der Waals surface area contributed by atoms with E-state index in [1.165, 1.54) is 5.56 Å². The molecule has 0 spiro atoms. The second kappa shape index (κ2) is 6.44. The van der Waals surface area contributed by atoms with Crippen LogP contribution in [0.1, 0.15) is 35.0 Å². The fourth-order valence-corrected chi connectivity index (χ4v) is 3.52. The standard InChI is InChI=1S/C20H23N5O/c1-13-4-6-15(7-5-13)10-25-12-16(8-18(25)26)20-22-14(2)19(23-20)17-9-21-24(3)11-17/h4-7,9,11,16H,8,10,12H2,1-3H3,(H,22,23). The maximum absolute atomic E-state index is 12.5. The Morgan fingerprint density at radius 3 is 2.69 bits per heavy atom. The average molecular weight is 349 g/mol. The predicted octanol–water partition coefficient (Wildman–Crippen LogP) is 2.94. The molecule has 4 rings (SSSR count). The number of carbonyl (C=O) groups excluding carboxylic acids is 1. The van der Waals surface area contributed by atoms with Crippen LogP contribution in [0.5, 0.6) is 0 Å². The minimum absolute atomic E-state index is 0.108. The van der Waals surface area contributed by atoms with E-state index in [9.17, 15) is 4.79 Å². The molecule has 1 amide bonds. The van der Waals surface area contributed by atoms with E-state index in [-0.39, 0.29) is 11.8 Å². The van der Waals surface area contributed by atoms with Crippen molar-refractivity contribution in [3.8, 4) is 11.3 Å². The Bertz CT molecular complexity index is 938. The van der Waals surface area contributed by atoms with Crippen molar-refractivity contribution < 1.29 is 4.79 Å². The first-order valence-electron chi connectivity index (χ1n) is 8.88. The van der Waals surface area contributed by atoms with Gasteiger partial charge in [0.05, 0.1) is 11.9 Å². The van der Waals surface area contributed by atoms with Gasteiger partial charge >= 0.3 is 0 Å². The van der Waals surface area contributed by atoms with Crippen molar-refractivity contribution >= 4 is 5.91 Å². The lowest BCUT2D eigenvalue weighted by Crippen LogP contribution is -2.24. The van der Waals surface area contributed by atoms with E-state index in [4.69, 9.17) is 4.98 Å². The second-order valence-corrected chi connectivity index (χ2v) is 7.16. The van der Waals surface area contributed by atoms with Crippen LogP contribution in [0.15, 0.2) is 36.7 Å². The fraction of sp³-hybridized carbons (Fsp3) is 0.350. The van der Waals surface area contributed by atoms with Gasteiger partial charge in [-0.15, -0.1) is 0 Å². The topological polar surface area (TPSA) is 66.8 Å². The van der Waals surface area contributed by atoms with E-state index in [1.807, 2.05) is 31.3 Å². The van der Waals surface area contributed by atoms with E-state index in [1.54, 1.807) is 4.68 Å². The monoisotopic (exact) mass is 349 g/mol. The quantitative estimate of drug-likeness (QED) is 0.787. The molecule has 6 heteroatoms. The third-order valence-electron chi connectivity index (χ3n) is 4.98. The molecule has 1 aliphatic heterocycles. The number of hydrogen-bond donors (Lipinski definition) is 1. The maximum Gasteiger partial charge on any atom is 0.223 e. The van der Waals surface area contributed by atoms with Crippen molar-refractivity contribution in [2.24, 2.45) is 7.05 Å². The SMILES string of the molecule is Cc1ccc(CN2CC(c3nc(-c4cnn(C)c4)c(C)[nH]3)CC2=O)cc1. The van der Waals surface area contributed by atoms with Crippen LogP contribution >= 0.6 is 0 Å². The van der Waals surface area contributed by atoms with Crippen LogP contribution in [0.25, 0.3) is 11.3 Å². The molecule has 1 unspecified atom stereocenters. The largest absolute Gasteiger partial charge is 0.345 e. The summed E-state index contributed by atoms with van der Waals surface area (Å²) in [7, 11) is 1.89. The molecule has 26 heavy (non-hydrogen) atoms. The highest BCUT2D eigenvalue weighted by molar-refractivity contribution is 5.79. The number of rotatable bonds is 4. The summed E-state index contributed by atoms with van der Waals surface area (Å²) in [6.45, 7) is 5.44. The second-order valence-electron chi connectivity index (χ2n) is 7.16. The number of H-pyrrole nitrogens is 1. The number of aromatic nitrogens is 4. The molecular weight excluding hydrogens is 326 g/mol. The van der Waals surface area contributed by atoms with Gasteiger partial charge in [-0.2, -0.15) is 5.10 Å². The number of carbonyl (C=O) groups is 1. The number of aromatic amines is 1. The first kappa shape index (κ1) is 16.6. The highest BCUT2D eigenvalue weighted by Crippen LogP contribution is 2.30. The molecule has 3 aromatic rings. The van der Waals surface area contributed by atoms with Crippen LogP contribution < -0.4 is 0 Å². The molecule has 1 atom stereocenters. The van der Waals surface area contributed by atoms with Crippen molar-refractivity contribution in [3.63, 3.8) is 0 Å². The van der Waals surface area contributed by atoms with E-state index in [2.05, 4.69) is 41.3 Å². The number of likely N-dealkylation sites (tertiary alicyclic amines) is 1. The van der Waals surface area contributed by atoms with Gasteiger partial charge in [0.15, 0.2) is 0 Å². The normalized spacial score (nSPS) is 17.3. The summed E-state index contributed by atoms with van der Waals surface area (Å²) in [5, 5.41) is 4.22. The first-order valence-corrected chi connectivity index (χ1v) is 8.88. The zero-order valence-electron chi connectivity index (χ0n) is 15.4. The molecular formula is C20H23N5O. The number of imidazole rings is 1. The summed E-state index contributed by atoms with van der Waals surface area (Å²) in [5.74, 6) is 1.19. The highest BCUT2D eigenvalue weighted by Gasteiger charge is 2.33. The zero-order valence-corrected chi connectivity index (χ0v) is 15.4. The van der Waals surface area contributed by atoms with Gasteiger partial charge in [-0.25, -0.2) is 4.98 Å². The molecule has 1 saturated heterocycles. The molecule has 1 fully saturated rings. The molecule has 1 aliphatic rings. The third-order valence-corrected chi connectivity index (χ3v) is 4.98. The molecule has 1 aromatic carbocycles. The van der Waals surface area contributed by atoms with Gasteiger partial charge in [0.25, 0.3) is 0 Å². The molecule has 0 aliphatic carbocycles. The Morgan fingerprint density at radius 2 is 2.00 bits per heavy atom. The molecule has 134 valence electrons. The Balaban J connectivity index is 1.51. The molecule has 0 bridgehead atoms. The number of amides is 1. The van der Waals surface area contributed by atoms with E-state index in [0.29, 0.717) is 19.5 Å². The Kier molecular flexibility index (Phi) is 4.11. The maximum atomic E-state index is 12.5. The molecule has 0 saturated carbocycles. The first-order chi connectivity index (χ1) is 12.5. The van der Waals surface area contributed by atoms with Crippen LogP contribution in [0, 0.1) is 13.8 Å². The van der Waals surface area contributed by atoms with Gasteiger partial charge in [-0.3, -0.25) is 9.48 Å². The number of nitrogens with one attached hydrogen (secondary N) is 1. The van der Waals surface area contributed by atoms with Crippen LogP contribution in [0.2, 0.25) is 0 Å². The number of hydrogen-bond acceptors (Lipinski definition) is 3. The van der Waals surface area contributed by atoms with Crippen LogP contribution in [0.4, 0.5) is 0 Å². The van der Waals surface area contributed by atoms with Gasteiger partial charge in [0.2, 0.25) is 5.91 Å². The lowest BCUT2D eigenvalue weighted by atomic mass is 10.1. The Hall–Kier alpha value is -2.89. The summed E-state index contributed by atoms with van der Waals surface area (Å²) < 4.78 is 1.77. The third kappa shape index (κ3) is 3.14. The molecule has 1 N–H and O–H groups in total. The van der Waals surface area contributed by atoms with Crippen molar-refractivity contribution in [2.45, 2.75) is 32.7 Å². The summed E-state index contributed by atoms with van der Waals surface area (Å²) in [6, 6.07) is 8.35. The Labute approximate surface area is 152 Å².